The molecular weight excluding hydrogens is 172 g/mol. The lowest BCUT2D eigenvalue weighted by Crippen LogP contribution is -2.22. The van der Waals surface area contributed by atoms with Crippen molar-refractivity contribution in [2.75, 3.05) is 33.7 Å². The minimum absolute atomic E-state index is 1.17. The molecule has 0 bridgehead atoms. The van der Waals surface area contributed by atoms with E-state index in [4.69, 9.17) is 0 Å². The highest BCUT2D eigenvalue weighted by atomic mass is 15.0. The molecule has 0 spiro atoms. The molecule has 0 amide bonds. The maximum absolute atomic E-state index is 3.49. The fourth-order valence-corrected chi connectivity index (χ4v) is 1.50. The van der Waals surface area contributed by atoms with Gasteiger partial charge in [-0.25, -0.2) is 0 Å². The van der Waals surface area contributed by atoms with Crippen LogP contribution in [-0.2, 0) is 0 Å². The SMILES string of the molecule is CCCCCCCNCCCN(C)C. The van der Waals surface area contributed by atoms with Crippen LogP contribution in [0.3, 0.4) is 0 Å². The molecule has 86 valence electrons. The zero-order valence-corrected chi connectivity index (χ0v) is 10.3. The van der Waals surface area contributed by atoms with Gasteiger partial charge < -0.3 is 10.2 Å². The minimum atomic E-state index is 1.17. The first-order valence-corrected chi connectivity index (χ1v) is 6.12. The molecule has 0 rings (SSSR count). The van der Waals surface area contributed by atoms with E-state index in [0.717, 1.165) is 0 Å². The summed E-state index contributed by atoms with van der Waals surface area (Å²) < 4.78 is 0. The van der Waals surface area contributed by atoms with E-state index in [1.165, 1.54) is 58.2 Å². The molecule has 0 atom stereocenters. The summed E-state index contributed by atoms with van der Waals surface area (Å²) >= 11 is 0. The van der Waals surface area contributed by atoms with Crippen LogP contribution in [0.25, 0.3) is 0 Å². The molecule has 0 saturated carbocycles. The summed E-state index contributed by atoms with van der Waals surface area (Å²) in [4.78, 5) is 2.24. The summed E-state index contributed by atoms with van der Waals surface area (Å²) in [5.41, 5.74) is 0. The van der Waals surface area contributed by atoms with E-state index >= 15 is 0 Å². The molecular formula is C12H28N2. The minimum Gasteiger partial charge on any atom is -0.317 e. The van der Waals surface area contributed by atoms with E-state index in [1.807, 2.05) is 0 Å². The Bertz CT molecular complexity index is 102. The Morgan fingerprint density at radius 2 is 1.50 bits per heavy atom. The van der Waals surface area contributed by atoms with Gasteiger partial charge in [-0.2, -0.15) is 0 Å². The van der Waals surface area contributed by atoms with Crippen molar-refractivity contribution in [2.45, 2.75) is 45.4 Å². The second kappa shape index (κ2) is 11.0. The highest BCUT2D eigenvalue weighted by molar-refractivity contribution is 4.51. The maximum Gasteiger partial charge on any atom is -0.00127 e. The van der Waals surface area contributed by atoms with Gasteiger partial charge in [0.2, 0.25) is 0 Å². The van der Waals surface area contributed by atoms with E-state index in [9.17, 15) is 0 Å². The van der Waals surface area contributed by atoms with Gasteiger partial charge in [-0.1, -0.05) is 32.6 Å². The normalized spacial score (nSPS) is 11.1. The molecule has 0 unspecified atom stereocenters. The monoisotopic (exact) mass is 200 g/mol. The molecule has 0 saturated heterocycles. The van der Waals surface area contributed by atoms with Crippen molar-refractivity contribution in [1.29, 1.82) is 0 Å². The van der Waals surface area contributed by atoms with Crippen LogP contribution in [-0.4, -0.2) is 38.6 Å². The van der Waals surface area contributed by atoms with E-state index in [-0.39, 0.29) is 0 Å². The van der Waals surface area contributed by atoms with Crippen LogP contribution in [0.5, 0.6) is 0 Å². The van der Waals surface area contributed by atoms with Gasteiger partial charge in [-0.3, -0.25) is 0 Å². The van der Waals surface area contributed by atoms with Crippen molar-refractivity contribution in [1.82, 2.24) is 10.2 Å². The molecule has 0 heterocycles. The molecule has 0 aliphatic rings. The molecule has 0 aromatic rings. The van der Waals surface area contributed by atoms with Gasteiger partial charge in [0.25, 0.3) is 0 Å². The third kappa shape index (κ3) is 11.9. The van der Waals surface area contributed by atoms with Crippen LogP contribution in [0.2, 0.25) is 0 Å². The highest BCUT2D eigenvalue weighted by Crippen LogP contribution is 2.00. The van der Waals surface area contributed by atoms with Crippen LogP contribution >= 0.6 is 0 Å². The lowest BCUT2D eigenvalue weighted by molar-refractivity contribution is 0.394. The Balaban J connectivity index is 2.85. The Morgan fingerprint density at radius 1 is 0.857 bits per heavy atom. The summed E-state index contributed by atoms with van der Waals surface area (Å²) in [6.45, 7) is 5.84. The van der Waals surface area contributed by atoms with Gasteiger partial charge in [0.15, 0.2) is 0 Å². The van der Waals surface area contributed by atoms with Gasteiger partial charge in [-0.05, 0) is 46.6 Å². The van der Waals surface area contributed by atoms with Gasteiger partial charge >= 0.3 is 0 Å². The van der Waals surface area contributed by atoms with Crippen molar-refractivity contribution >= 4 is 0 Å². The third-order valence-electron chi connectivity index (χ3n) is 2.42. The summed E-state index contributed by atoms with van der Waals surface area (Å²) in [5, 5.41) is 3.49. The van der Waals surface area contributed by atoms with E-state index in [2.05, 4.69) is 31.2 Å². The molecule has 1 N–H and O–H groups in total. The average molecular weight is 200 g/mol. The molecule has 0 radical (unpaired) electrons. The van der Waals surface area contributed by atoms with Crippen molar-refractivity contribution in [3.63, 3.8) is 0 Å². The molecule has 0 fully saturated rings. The summed E-state index contributed by atoms with van der Waals surface area (Å²) in [6, 6.07) is 0. The molecule has 2 heteroatoms. The van der Waals surface area contributed by atoms with Crippen molar-refractivity contribution in [2.24, 2.45) is 0 Å². The standard InChI is InChI=1S/C12H28N2/c1-4-5-6-7-8-10-13-11-9-12-14(2)3/h13H,4-12H2,1-3H3. The van der Waals surface area contributed by atoms with Crippen LogP contribution < -0.4 is 5.32 Å². The molecule has 0 aromatic heterocycles. The van der Waals surface area contributed by atoms with Crippen LogP contribution in [0.4, 0.5) is 0 Å². The smallest absolute Gasteiger partial charge is 0.00127 e. The zero-order valence-electron chi connectivity index (χ0n) is 10.3. The molecule has 0 aliphatic heterocycles. The molecule has 2 nitrogen and oxygen atoms in total. The van der Waals surface area contributed by atoms with Crippen molar-refractivity contribution in [3.05, 3.63) is 0 Å². The highest BCUT2D eigenvalue weighted by Gasteiger charge is 1.91. The van der Waals surface area contributed by atoms with E-state index in [0.29, 0.717) is 0 Å². The van der Waals surface area contributed by atoms with Crippen LogP contribution in [0.1, 0.15) is 45.4 Å². The lowest BCUT2D eigenvalue weighted by atomic mass is 10.1. The third-order valence-corrected chi connectivity index (χ3v) is 2.42. The number of nitrogens with one attached hydrogen (secondary N) is 1. The Labute approximate surface area is 90.1 Å². The Morgan fingerprint density at radius 3 is 2.14 bits per heavy atom. The molecule has 0 aromatic carbocycles. The largest absolute Gasteiger partial charge is 0.317 e. The second-order valence-corrected chi connectivity index (χ2v) is 4.32. The predicted octanol–water partition coefficient (Wildman–Crippen LogP) is 2.50. The summed E-state index contributed by atoms with van der Waals surface area (Å²) in [6.07, 6.45) is 8.17. The van der Waals surface area contributed by atoms with Crippen molar-refractivity contribution in [3.8, 4) is 0 Å². The van der Waals surface area contributed by atoms with Crippen molar-refractivity contribution < 1.29 is 0 Å². The lowest BCUT2D eigenvalue weighted by Gasteiger charge is -2.09. The second-order valence-electron chi connectivity index (χ2n) is 4.32. The first-order valence-electron chi connectivity index (χ1n) is 6.12. The number of hydrogen-bond acceptors (Lipinski definition) is 2. The van der Waals surface area contributed by atoms with Crippen LogP contribution in [0, 0.1) is 0 Å². The summed E-state index contributed by atoms with van der Waals surface area (Å²) in [7, 11) is 4.26. The Hall–Kier alpha value is -0.0800. The van der Waals surface area contributed by atoms with Gasteiger partial charge in [0.05, 0.1) is 0 Å². The molecule has 0 aliphatic carbocycles. The molecule has 14 heavy (non-hydrogen) atoms. The summed E-state index contributed by atoms with van der Waals surface area (Å²) in [5.74, 6) is 0. The topological polar surface area (TPSA) is 15.3 Å². The fraction of sp³-hybridized carbons (Fsp3) is 1.00. The number of hydrogen-bond donors (Lipinski definition) is 1. The average Bonchev–Trinajstić information content (AvgIpc) is 2.15. The first kappa shape index (κ1) is 13.9. The predicted molar refractivity (Wildman–Crippen MR) is 64.8 cm³/mol. The quantitative estimate of drug-likeness (QED) is 0.545. The first-order chi connectivity index (χ1) is 6.77. The Kier molecular flexibility index (Phi) is 10.9. The zero-order chi connectivity index (χ0) is 10.6. The van der Waals surface area contributed by atoms with Gasteiger partial charge in [-0.15, -0.1) is 0 Å². The maximum atomic E-state index is 3.49. The number of rotatable bonds is 10. The number of unbranched alkanes of at least 4 members (excludes halogenated alkanes) is 4. The van der Waals surface area contributed by atoms with E-state index < -0.39 is 0 Å². The van der Waals surface area contributed by atoms with Gasteiger partial charge in [0, 0.05) is 0 Å². The van der Waals surface area contributed by atoms with E-state index in [1.54, 1.807) is 0 Å². The number of nitrogens with zero attached hydrogens (tertiary/aromatic N) is 1. The van der Waals surface area contributed by atoms with Gasteiger partial charge in [0.1, 0.15) is 0 Å². The van der Waals surface area contributed by atoms with Crippen LogP contribution in [0.15, 0.2) is 0 Å². The fourth-order valence-electron chi connectivity index (χ4n) is 1.50.